The van der Waals surface area contributed by atoms with Gasteiger partial charge in [0.2, 0.25) is 0 Å². The molecule has 0 unspecified atom stereocenters. The molecule has 330 valence electrons. The SMILES string of the molecule is COc1cc(OC)cc(C2=C3C=CC(=N3)C(c3cc(OC)cc(OC)c3)=c3ccc4[n]3[Tl]([Cl])[n]3c2ccc3C(c2cc(OC)cc(OC)c2)=C2C=CC(=N2)C=4c2cc(OC)cc(OC)c2)c1. The van der Waals surface area contributed by atoms with Crippen molar-refractivity contribution in [2.45, 2.75) is 0 Å². The first kappa shape index (κ1) is 43.0. The molecule has 6 bridgehead atoms. The van der Waals surface area contributed by atoms with E-state index >= 15 is 0 Å². The van der Waals surface area contributed by atoms with Crippen LogP contribution < -0.4 is 48.6 Å². The van der Waals surface area contributed by atoms with Crippen LogP contribution in [0.5, 0.6) is 46.0 Å². The fourth-order valence-electron chi connectivity index (χ4n) is 9.08. The Morgan fingerprint density at radius 3 is 0.939 bits per heavy atom. The molecule has 0 amide bonds. The molecule has 66 heavy (non-hydrogen) atoms. The number of nitrogens with zero attached hydrogens (tertiary/aromatic N) is 4. The van der Waals surface area contributed by atoms with E-state index in [0.717, 1.165) is 89.4 Å². The molecular formula is C52H44ClN4O8Tl. The van der Waals surface area contributed by atoms with Crippen molar-refractivity contribution in [2.75, 3.05) is 56.9 Å². The van der Waals surface area contributed by atoms with Gasteiger partial charge in [0.15, 0.2) is 0 Å². The van der Waals surface area contributed by atoms with Crippen LogP contribution >= 0.6 is 8.32 Å². The number of rotatable bonds is 12. The van der Waals surface area contributed by atoms with Crippen molar-refractivity contribution in [3.63, 3.8) is 0 Å². The molecule has 4 aliphatic rings. The van der Waals surface area contributed by atoms with E-state index in [4.69, 9.17) is 56.2 Å². The third-order valence-corrected chi connectivity index (χ3v) is 23.2. The third kappa shape index (κ3) is 7.28. The van der Waals surface area contributed by atoms with Gasteiger partial charge in [-0.1, -0.05) is 0 Å². The van der Waals surface area contributed by atoms with E-state index in [1.54, 1.807) is 56.9 Å². The molecule has 0 N–H and O–H groups in total. The van der Waals surface area contributed by atoms with Gasteiger partial charge >= 0.3 is 397 Å². The molecule has 10 rings (SSSR count). The Bertz CT molecular complexity index is 3040. The van der Waals surface area contributed by atoms with Crippen LogP contribution in [0.15, 0.2) is 143 Å². The molecule has 6 aromatic rings. The third-order valence-electron chi connectivity index (χ3n) is 12.2. The summed E-state index contributed by atoms with van der Waals surface area (Å²) in [4.78, 5) is 11.0. The molecule has 0 atom stereocenters. The molecule has 6 heterocycles. The van der Waals surface area contributed by atoms with Crippen LogP contribution in [0, 0.1) is 0 Å². The van der Waals surface area contributed by atoms with Crippen molar-refractivity contribution in [1.29, 1.82) is 0 Å². The molecule has 4 aliphatic heterocycles. The number of benzene rings is 4. The number of allylic oxidation sites excluding steroid dienone is 4. The van der Waals surface area contributed by atoms with Gasteiger partial charge in [-0.05, 0) is 0 Å². The molecule has 0 aliphatic carbocycles. The van der Waals surface area contributed by atoms with Crippen molar-refractivity contribution >= 4 is 64.1 Å². The zero-order valence-electron chi connectivity index (χ0n) is 37.6. The van der Waals surface area contributed by atoms with E-state index in [-0.39, 0.29) is 0 Å². The zero-order chi connectivity index (χ0) is 45.8. The first-order valence-electron chi connectivity index (χ1n) is 21.0. The average molecular weight is 1090 g/mol. The summed E-state index contributed by atoms with van der Waals surface area (Å²) in [7, 11) is 21.8. The minimum absolute atomic E-state index is 0.628. The van der Waals surface area contributed by atoms with Crippen LogP contribution in [0.2, 0.25) is 0 Å². The number of methoxy groups -OCH3 is 8. The number of aliphatic imine (C=N–C) groups is 2. The summed E-state index contributed by atoms with van der Waals surface area (Å²) >= 11 is -4.37. The second kappa shape index (κ2) is 17.5. The van der Waals surface area contributed by atoms with Crippen molar-refractivity contribution < 1.29 is 37.9 Å². The van der Waals surface area contributed by atoms with Gasteiger partial charge < -0.3 is 0 Å². The molecule has 0 saturated carbocycles. The molecule has 4 aromatic carbocycles. The zero-order valence-corrected chi connectivity index (χ0v) is 42.8. The first-order valence-corrected chi connectivity index (χ1v) is 30.5. The van der Waals surface area contributed by atoms with Crippen LogP contribution in [0.25, 0.3) is 22.3 Å². The summed E-state index contributed by atoms with van der Waals surface area (Å²) in [6, 6.07) is 32.1. The number of aromatic nitrogens is 2. The molecule has 0 saturated heterocycles. The van der Waals surface area contributed by atoms with Crippen molar-refractivity contribution in [3.05, 3.63) is 177 Å². The molecule has 14 heteroatoms. The Balaban J connectivity index is 1.45. The van der Waals surface area contributed by atoms with Gasteiger partial charge in [0, 0.05) is 0 Å². The van der Waals surface area contributed by atoms with Gasteiger partial charge in [-0.25, -0.2) is 0 Å². The predicted molar refractivity (Wildman–Crippen MR) is 259 cm³/mol. The Kier molecular flexibility index (Phi) is 11.4. The summed E-state index contributed by atoms with van der Waals surface area (Å²) in [6.45, 7) is 0. The number of halogens is 1. The van der Waals surface area contributed by atoms with Crippen molar-refractivity contribution in [2.24, 2.45) is 9.98 Å². The fourth-order valence-corrected chi connectivity index (χ4v) is 20.6. The summed E-state index contributed by atoms with van der Waals surface area (Å²) in [5.41, 5.74) is 11.4. The number of ether oxygens (including phenoxy) is 8. The standard InChI is InChI=1S/C52H44N4O8.ClH.Tl/c1-57-33-17-29(18-34(25-33)58-2)49-41-9-11-43(53-41)50(30-19-35(59-3)26-36(20-30)60-4)45-13-15-47(55-45)52(32-23-39(63-7)28-40(24-32)64-8)48-16-14-46(56-48)51(44-12-10-42(49)54-44)31-21-37(61-5)27-38(22-31)62-6;;/h9-28H,1-8H3;1H;/q-2;;+3/p-1. The van der Waals surface area contributed by atoms with Gasteiger partial charge in [0.25, 0.3) is 0 Å². The van der Waals surface area contributed by atoms with Gasteiger partial charge in [0.05, 0.1) is 0 Å². The van der Waals surface area contributed by atoms with Crippen LogP contribution in [0.1, 0.15) is 33.6 Å². The van der Waals surface area contributed by atoms with E-state index in [2.05, 4.69) is 53.3 Å². The summed E-state index contributed by atoms with van der Waals surface area (Å²) in [5, 5.41) is 1.74. The average Bonchev–Trinajstić information content (AvgIpc) is 4.20. The molecule has 2 aromatic heterocycles. The Hall–Kier alpha value is -6.91. The second-order valence-electron chi connectivity index (χ2n) is 15.6. The van der Waals surface area contributed by atoms with Crippen LogP contribution in [0.3, 0.4) is 0 Å². The van der Waals surface area contributed by atoms with Crippen LogP contribution in [-0.2, 0) is 0 Å². The number of hydrogen-bond donors (Lipinski definition) is 0. The molecule has 12 nitrogen and oxygen atoms in total. The van der Waals surface area contributed by atoms with Gasteiger partial charge in [-0.3, -0.25) is 0 Å². The molecule has 0 radical (unpaired) electrons. The Labute approximate surface area is 394 Å². The van der Waals surface area contributed by atoms with E-state index in [1.165, 1.54) is 0 Å². The summed E-state index contributed by atoms with van der Waals surface area (Å²) in [6.07, 6.45) is 8.24. The number of fused-ring (bicyclic) bond motifs is 2. The maximum absolute atomic E-state index is 8.58. The van der Waals surface area contributed by atoms with Gasteiger partial charge in [-0.2, -0.15) is 0 Å². The topological polar surface area (TPSA) is 108 Å². The minimum atomic E-state index is -4.37. The predicted octanol–water partition coefficient (Wildman–Crippen LogP) is 7.94. The van der Waals surface area contributed by atoms with Crippen LogP contribution in [0.4, 0.5) is 0 Å². The van der Waals surface area contributed by atoms with E-state index in [0.29, 0.717) is 46.0 Å². The summed E-state index contributed by atoms with van der Waals surface area (Å²) < 4.78 is 51.7. The fraction of sp³-hybridized carbons (Fsp3) is 0.154. The normalized spacial score (nSPS) is 14.6. The summed E-state index contributed by atoms with van der Waals surface area (Å²) in [5.74, 6) is 5.03. The van der Waals surface area contributed by atoms with Gasteiger partial charge in [0.1, 0.15) is 0 Å². The van der Waals surface area contributed by atoms with Gasteiger partial charge in [-0.15, -0.1) is 0 Å². The number of hydrogen-bond acceptors (Lipinski definition) is 10. The molecule has 0 spiro atoms. The van der Waals surface area contributed by atoms with Crippen LogP contribution in [-0.4, -0.2) is 95.1 Å². The Morgan fingerprint density at radius 1 is 0.364 bits per heavy atom. The first-order chi connectivity index (χ1) is 32.2. The van der Waals surface area contributed by atoms with Crippen molar-refractivity contribution in [3.8, 4) is 46.0 Å². The monoisotopic (exact) mass is 1090 g/mol. The van der Waals surface area contributed by atoms with E-state index < -0.39 is 22.1 Å². The maximum atomic E-state index is 8.58. The quantitative estimate of drug-likeness (QED) is 0.114. The Morgan fingerprint density at radius 2 is 0.652 bits per heavy atom. The van der Waals surface area contributed by atoms with E-state index in [1.807, 2.05) is 72.8 Å². The second-order valence-corrected chi connectivity index (χ2v) is 25.5. The molecular weight excluding hydrogens is 1050 g/mol. The molecule has 0 fully saturated rings. The van der Waals surface area contributed by atoms with Crippen molar-refractivity contribution in [1.82, 2.24) is 4.75 Å². The van der Waals surface area contributed by atoms with E-state index in [9.17, 15) is 0 Å².